The van der Waals surface area contributed by atoms with Crippen LogP contribution in [0.5, 0.6) is 0 Å². The van der Waals surface area contributed by atoms with Gasteiger partial charge in [-0.2, -0.15) is 0 Å². The molecule has 0 aliphatic rings. The molecule has 0 spiro atoms. The quantitative estimate of drug-likeness (QED) is 0.135. The lowest BCUT2D eigenvalue weighted by Crippen LogP contribution is -2.15. The maximum atomic E-state index is 13.1. The van der Waals surface area contributed by atoms with Crippen molar-refractivity contribution in [3.8, 4) is 0 Å². The Morgan fingerprint density at radius 1 is 0.556 bits per heavy atom. The molecule has 0 aliphatic heterocycles. The minimum atomic E-state index is -0.442. The highest BCUT2D eigenvalue weighted by molar-refractivity contribution is 6.12. The Labute approximate surface area is 219 Å². The van der Waals surface area contributed by atoms with E-state index in [0.717, 1.165) is 36.5 Å². The van der Waals surface area contributed by atoms with Crippen molar-refractivity contribution in [2.75, 3.05) is 13.2 Å². The molecule has 0 heterocycles. The van der Waals surface area contributed by atoms with Crippen LogP contribution in [-0.2, 0) is 9.47 Å². The first-order valence-corrected chi connectivity index (χ1v) is 14.5. The number of carbonyl (C=O) groups is 2. The minimum Gasteiger partial charge on any atom is -0.462 e. The molecule has 0 saturated heterocycles. The van der Waals surface area contributed by atoms with Crippen LogP contribution in [0.3, 0.4) is 0 Å². The Balaban J connectivity index is 1.85. The molecule has 0 unspecified atom stereocenters. The SMILES string of the molecule is CCCCCCCCCCOC(=O)c1ccc2ccccc2c1C(=O)OCCCCCCCCCC. The Hall–Kier alpha value is -2.36. The molecule has 0 bridgehead atoms. The second-order valence-electron chi connectivity index (χ2n) is 9.93. The van der Waals surface area contributed by atoms with Gasteiger partial charge in [0, 0.05) is 0 Å². The summed E-state index contributed by atoms with van der Waals surface area (Å²) in [5.74, 6) is -0.878. The third kappa shape index (κ3) is 11.1. The summed E-state index contributed by atoms with van der Waals surface area (Å²) in [4.78, 5) is 26.0. The van der Waals surface area contributed by atoms with E-state index in [-0.39, 0.29) is 0 Å². The van der Waals surface area contributed by atoms with Gasteiger partial charge in [0.15, 0.2) is 0 Å². The smallest absolute Gasteiger partial charge is 0.339 e. The molecule has 4 nitrogen and oxygen atoms in total. The van der Waals surface area contributed by atoms with E-state index < -0.39 is 11.9 Å². The van der Waals surface area contributed by atoms with Crippen LogP contribution in [-0.4, -0.2) is 25.2 Å². The van der Waals surface area contributed by atoms with E-state index in [1.54, 1.807) is 6.07 Å². The summed E-state index contributed by atoms with van der Waals surface area (Å²) < 4.78 is 11.2. The molecule has 0 fully saturated rings. The molecule has 4 heteroatoms. The van der Waals surface area contributed by atoms with Crippen LogP contribution in [0, 0.1) is 0 Å². The number of hydrogen-bond acceptors (Lipinski definition) is 4. The van der Waals surface area contributed by atoms with Gasteiger partial charge in [0.25, 0.3) is 0 Å². The fraction of sp³-hybridized carbons (Fsp3) is 0.625. The number of unbranched alkanes of at least 4 members (excludes halogenated alkanes) is 14. The van der Waals surface area contributed by atoms with Gasteiger partial charge >= 0.3 is 11.9 Å². The van der Waals surface area contributed by atoms with E-state index in [1.165, 1.54) is 77.0 Å². The van der Waals surface area contributed by atoms with Gasteiger partial charge in [-0.25, -0.2) is 9.59 Å². The molecule has 0 saturated carbocycles. The first-order chi connectivity index (χ1) is 17.7. The zero-order chi connectivity index (χ0) is 25.8. The average Bonchev–Trinajstić information content (AvgIpc) is 2.90. The highest BCUT2D eigenvalue weighted by Gasteiger charge is 2.22. The van der Waals surface area contributed by atoms with Gasteiger partial charge in [-0.3, -0.25) is 0 Å². The number of ether oxygens (including phenoxy) is 2. The molecule has 2 aromatic rings. The molecular formula is C32H48O4. The number of carbonyl (C=O) groups excluding carboxylic acids is 2. The molecule has 2 aromatic carbocycles. The van der Waals surface area contributed by atoms with E-state index in [9.17, 15) is 9.59 Å². The van der Waals surface area contributed by atoms with Gasteiger partial charge in [0.2, 0.25) is 0 Å². The van der Waals surface area contributed by atoms with Gasteiger partial charge in [-0.1, -0.05) is 134 Å². The first-order valence-electron chi connectivity index (χ1n) is 14.5. The standard InChI is InChI=1S/C32H48O4/c1-3-5-7-9-11-13-15-19-25-35-31(33)29-24-23-27-21-17-18-22-28(27)30(29)32(34)36-26-20-16-14-12-10-8-6-4-2/h17-18,21-24H,3-16,19-20,25-26H2,1-2H3. The van der Waals surface area contributed by atoms with Crippen molar-refractivity contribution in [1.29, 1.82) is 0 Å². The molecule has 0 amide bonds. The largest absolute Gasteiger partial charge is 0.462 e. The summed E-state index contributed by atoms with van der Waals surface area (Å²) in [6.07, 6.45) is 19.0. The molecule has 200 valence electrons. The molecule has 2 rings (SSSR count). The average molecular weight is 497 g/mol. The molecule has 0 N–H and O–H groups in total. The van der Waals surface area contributed by atoms with E-state index in [1.807, 2.05) is 30.3 Å². The Morgan fingerprint density at radius 2 is 1.03 bits per heavy atom. The topological polar surface area (TPSA) is 52.6 Å². The zero-order valence-electron chi connectivity index (χ0n) is 22.8. The van der Waals surface area contributed by atoms with Crippen LogP contribution < -0.4 is 0 Å². The summed E-state index contributed by atoms with van der Waals surface area (Å²) in [5.41, 5.74) is 0.628. The number of hydrogen-bond donors (Lipinski definition) is 0. The van der Waals surface area contributed by atoms with Crippen molar-refractivity contribution < 1.29 is 19.1 Å². The predicted molar refractivity (Wildman–Crippen MR) is 150 cm³/mol. The van der Waals surface area contributed by atoms with E-state index in [0.29, 0.717) is 24.3 Å². The highest BCUT2D eigenvalue weighted by atomic mass is 16.5. The van der Waals surface area contributed by atoms with Gasteiger partial charge < -0.3 is 9.47 Å². The van der Waals surface area contributed by atoms with Crippen LogP contribution in [0.15, 0.2) is 36.4 Å². The molecule has 0 atom stereocenters. The van der Waals surface area contributed by atoms with Crippen LogP contribution >= 0.6 is 0 Å². The highest BCUT2D eigenvalue weighted by Crippen LogP contribution is 2.25. The van der Waals surface area contributed by atoms with Gasteiger partial charge in [0.05, 0.1) is 24.3 Å². The number of fused-ring (bicyclic) bond motifs is 1. The van der Waals surface area contributed by atoms with Crippen molar-refractivity contribution in [3.63, 3.8) is 0 Å². The van der Waals surface area contributed by atoms with Crippen LogP contribution in [0.4, 0.5) is 0 Å². The molecule has 0 aromatic heterocycles. The third-order valence-corrected chi connectivity index (χ3v) is 6.82. The zero-order valence-corrected chi connectivity index (χ0v) is 22.8. The molecule has 0 radical (unpaired) electrons. The van der Waals surface area contributed by atoms with Crippen molar-refractivity contribution in [1.82, 2.24) is 0 Å². The van der Waals surface area contributed by atoms with E-state index in [4.69, 9.17) is 9.47 Å². The lowest BCUT2D eigenvalue weighted by Gasteiger charge is -2.13. The summed E-state index contributed by atoms with van der Waals surface area (Å²) >= 11 is 0. The summed E-state index contributed by atoms with van der Waals surface area (Å²) in [6, 6.07) is 11.2. The second kappa shape index (κ2) is 18.8. The van der Waals surface area contributed by atoms with Crippen LogP contribution in [0.1, 0.15) is 137 Å². The number of rotatable bonds is 20. The van der Waals surface area contributed by atoms with Gasteiger partial charge in [-0.15, -0.1) is 0 Å². The fourth-order valence-electron chi connectivity index (χ4n) is 4.61. The van der Waals surface area contributed by atoms with Crippen molar-refractivity contribution in [2.45, 2.75) is 117 Å². The van der Waals surface area contributed by atoms with E-state index >= 15 is 0 Å². The monoisotopic (exact) mass is 496 g/mol. The maximum Gasteiger partial charge on any atom is 0.339 e. The third-order valence-electron chi connectivity index (χ3n) is 6.82. The Kier molecular flexibility index (Phi) is 15.6. The summed E-state index contributed by atoms with van der Waals surface area (Å²) in [5, 5.41) is 1.65. The number of esters is 2. The summed E-state index contributed by atoms with van der Waals surface area (Å²) in [6.45, 7) is 5.22. The minimum absolute atomic E-state index is 0.300. The van der Waals surface area contributed by atoms with Crippen molar-refractivity contribution in [3.05, 3.63) is 47.5 Å². The number of benzene rings is 2. The van der Waals surface area contributed by atoms with Crippen molar-refractivity contribution in [2.24, 2.45) is 0 Å². The molecular weight excluding hydrogens is 448 g/mol. The van der Waals surface area contributed by atoms with Gasteiger partial charge in [-0.05, 0) is 29.7 Å². The normalized spacial score (nSPS) is 11.1. The van der Waals surface area contributed by atoms with Gasteiger partial charge in [0.1, 0.15) is 0 Å². The lowest BCUT2D eigenvalue weighted by atomic mass is 9.99. The van der Waals surface area contributed by atoms with Crippen molar-refractivity contribution >= 4 is 22.7 Å². The second-order valence-corrected chi connectivity index (χ2v) is 9.93. The molecule has 36 heavy (non-hydrogen) atoms. The summed E-state index contributed by atoms with van der Waals surface area (Å²) in [7, 11) is 0. The predicted octanol–water partition coefficient (Wildman–Crippen LogP) is 9.43. The lowest BCUT2D eigenvalue weighted by molar-refractivity contribution is 0.0452. The maximum absolute atomic E-state index is 13.1. The van der Waals surface area contributed by atoms with E-state index in [2.05, 4.69) is 13.8 Å². The van der Waals surface area contributed by atoms with Crippen LogP contribution in [0.25, 0.3) is 10.8 Å². The first kappa shape index (κ1) is 29.9. The van der Waals surface area contributed by atoms with Crippen LogP contribution in [0.2, 0.25) is 0 Å². The fourth-order valence-corrected chi connectivity index (χ4v) is 4.61. The Morgan fingerprint density at radius 3 is 1.58 bits per heavy atom. The Bertz CT molecular complexity index is 889. The molecule has 0 aliphatic carbocycles.